The number of aryl methyl sites for hydroxylation is 1. The van der Waals surface area contributed by atoms with Gasteiger partial charge in [-0.15, -0.1) is 0 Å². The van der Waals surface area contributed by atoms with Crippen LogP contribution in [0.25, 0.3) is 0 Å². The van der Waals surface area contributed by atoms with Gasteiger partial charge < -0.3 is 9.30 Å². The van der Waals surface area contributed by atoms with Gasteiger partial charge in [-0.05, 0) is 62.9 Å². The van der Waals surface area contributed by atoms with E-state index in [2.05, 4.69) is 38.5 Å². The number of aromatic nitrogens is 1. The highest BCUT2D eigenvalue weighted by atomic mass is 127. The molecule has 2 rings (SSSR count). The average Bonchev–Trinajstić information content (AvgIpc) is 2.38. The minimum absolute atomic E-state index is 0.0353. The quantitative estimate of drug-likeness (QED) is 0.547. The molecule has 0 aliphatic rings. The van der Waals surface area contributed by atoms with Crippen molar-refractivity contribution in [1.29, 1.82) is 0 Å². The van der Waals surface area contributed by atoms with E-state index in [4.69, 9.17) is 4.74 Å². The fourth-order valence-electron chi connectivity index (χ4n) is 1.51. The summed E-state index contributed by atoms with van der Waals surface area (Å²) >= 11 is 7.61. The molecule has 6 heteroatoms. The van der Waals surface area contributed by atoms with Gasteiger partial charge in [0.25, 0.3) is 5.56 Å². The van der Waals surface area contributed by atoms with Gasteiger partial charge in [-0.1, -0.05) is 28.1 Å². The monoisotopic (exact) mass is 545 g/mol. The molecule has 3 nitrogen and oxygen atoms in total. The van der Waals surface area contributed by atoms with Crippen molar-refractivity contribution in [3.05, 3.63) is 58.0 Å². The topological polar surface area (TPSA) is 31.2 Å². The number of halogens is 3. The minimum Gasteiger partial charge on any atom is -0.486 e. The first-order chi connectivity index (χ1) is 8.99. The molecule has 0 bridgehead atoms. The molecule has 0 spiro atoms. The van der Waals surface area contributed by atoms with Gasteiger partial charge >= 0.3 is 0 Å². The Labute approximate surface area is 146 Å². The SMILES string of the molecule is Cn1cc(I)c(OCc2ccc(Br)cc2)c(I)c1=O. The number of pyridine rings is 1. The molecule has 0 unspecified atom stereocenters. The summed E-state index contributed by atoms with van der Waals surface area (Å²) in [5, 5.41) is 0. The smallest absolute Gasteiger partial charge is 0.267 e. The van der Waals surface area contributed by atoms with Crippen molar-refractivity contribution in [2.45, 2.75) is 6.61 Å². The Morgan fingerprint density at radius 1 is 1.26 bits per heavy atom. The standard InChI is InChI=1S/C13H10BrI2NO2/c1-17-6-10(15)12(11(16)13(17)18)19-7-8-2-4-9(14)5-3-8/h2-6H,7H2,1H3. The number of nitrogens with zero attached hydrogens (tertiary/aromatic N) is 1. The van der Waals surface area contributed by atoms with Crippen LogP contribution in [0.4, 0.5) is 0 Å². The molecular weight excluding hydrogens is 536 g/mol. The Morgan fingerprint density at radius 2 is 1.89 bits per heavy atom. The maximum atomic E-state index is 11.9. The zero-order chi connectivity index (χ0) is 14.0. The third-order valence-electron chi connectivity index (χ3n) is 2.53. The molecule has 19 heavy (non-hydrogen) atoms. The average molecular weight is 546 g/mol. The maximum Gasteiger partial charge on any atom is 0.267 e. The highest BCUT2D eigenvalue weighted by Gasteiger charge is 2.12. The predicted octanol–water partition coefficient (Wildman–Crippen LogP) is 3.94. The molecule has 2 aromatic rings. The molecule has 0 radical (unpaired) electrons. The predicted molar refractivity (Wildman–Crippen MR) is 95.6 cm³/mol. The fourth-order valence-corrected chi connectivity index (χ4v) is 3.96. The van der Waals surface area contributed by atoms with Gasteiger partial charge in [-0.2, -0.15) is 0 Å². The molecule has 0 atom stereocenters. The molecule has 0 N–H and O–H groups in total. The van der Waals surface area contributed by atoms with Crippen molar-refractivity contribution in [3.8, 4) is 5.75 Å². The van der Waals surface area contributed by atoms with Gasteiger partial charge in [-0.25, -0.2) is 0 Å². The van der Waals surface area contributed by atoms with Gasteiger partial charge in [0.1, 0.15) is 10.2 Å². The first-order valence-electron chi connectivity index (χ1n) is 5.41. The maximum absolute atomic E-state index is 11.9. The van der Waals surface area contributed by atoms with E-state index in [1.54, 1.807) is 17.8 Å². The Morgan fingerprint density at radius 3 is 2.53 bits per heavy atom. The van der Waals surface area contributed by atoms with Gasteiger partial charge in [-0.3, -0.25) is 4.79 Å². The van der Waals surface area contributed by atoms with Gasteiger partial charge in [0.2, 0.25) is 0 Å². The molecular formula is C13H10BrI2NO2. The Bertz CT molecular complexity index is 653. The lowest BCUT2D eigenvalue weighted by atomic mass is 10.2. The van der Waals surface area contributed by atoms with Gasteiger partial charge in [0.15, 0.2) is 5.75 Å². The molecule has 1 aromatic heterocycles. The van der Waals surface area contributed by atoms with E-state index in [-0.39, 0.29) is 5.56 Å². The van der Waals surface area contributed by atoms with E-state index in [0.29, 0.717) is 15.9 Å². The Kier molecular flexibility index (Phi) is 5.29. The van der Waals surface area contributed by atoms with Crippen molar-refractivity contribution in [2.75, 3.05) is 0 Å². The molecule has 0 aliphatic carbocycles. The van der Waals surface area contributed by atoms with Crippen LogP contribution in [0, 0.1) is 7.14 Å². The first-order valence-corrected chi connectivity index (χ1v) is 8.36. The second-order valence-electron chi connectivity index (χ2n) is 3.95. The lowest BCUT2D eigenvalue weighted by molar-refractivity contribution is 0.300. The van der Waals surface area contributed by atoms with E-state index in [0.717, 1.165) is 13.6 Å². The normalized spacial score (nSPS) is 10.5. The first kappa shape index (κ1) is 15.3. The summed E-state index contributed by atoms with van der Waals surface area (Å²) in [6.45, 7) is 0.451. The van der Waals surface area contributed by atoms with Crippen molar-refractivity contribution in [1.82, 2.24) is 4.57 Å². The fraction of sp³-hybridized carbons (Fsp3) is 0.154. The Balaban J connectivity index is 2.23. The summed E-state index contributed by atoms with van der Waals surface area (Å²) in [6.07, 6.45) is 1.78. The second-order valence-corrected chi connectivity index (χ2v) is 7.11. The molecule has 0 aliphatic heterocycles. The third-order valence-corrected chi connectivity index (χ3v) is 4.78. The summed E-state index contributed by atoms with van der Waals surface area (Å²) < 4.78 is 9.93. The van der Waals surface area contributed by atoms with E-state index >= 15 is 0 Å². The molecule has 1 heterocycles. The van der Waals surface area contributed by atoms with Crippen LogP contribution in [0.3, 0.4) is 0 Å². The van der Waals surface area contributed by atoms with Crippen LogP contribution < -0.4 is 10.3 Å². The summed E-state index contributed by atoms with van der Waals surface area (Å²) in [4.78, 5) is 11.9. The van der Waals surface area contributed by atoms with Crippen LogP contribution in [0.15, 0.2) is 39.7 Å². The number of hydrogen-bond acceptors (Lipinski definition) is 2. The molecule has 0 saturated carbocycles. The molecule has 0 amide bonds. The minimum atomic E-state index is -0.0353. The Hall–Kier alpha value is -0.0900. The van der Waals surface area contributed by atoms with Crippen LogP contribution in [0.1, 0.15) is 5.56 Å². The summed E-state index contributed by atoms with van der Waals surface area (Å²) in [7, 11) is 1.74. The number of hydrogen-bond donors (Lipinski definition) is 0. The van der Waals surface area contributed by atoms with E-state index in [1.807, 2.05) is 46.9 Å². The van der Waals surface area contributed by atoms with Crippen LogP contribution in [-0.2, 0) is 13.7 Å². The second kappa shape index (κ2) is 6.57. The number of benzene rings is 1. The molecule has 100 valence electrons. The zero-order valence-electron chi connectivity index (χ0n) is 9.99. The van der Waals surface area contributed by atoms with Crippen molar-refractivity contribution in [2.24, 2.45) is 7.05 Å². The summed E-state index contributed by atoms with van der Waals surface area (Å²) in [6, 6.07) is 7.92. The molecule has 1 aromatic carbocycles. The van der Waals surface area contributed by atoms with Crippen LogP contribution in [0.5, 0.6) is 5.75 Å². The van der Waals surface area contributed by atoms with Crippen molar-refractivity contribution < 1.29 is 4.74 Å². The highest BCUT2D eigenvalue weighted by Crippen LogP contribution is 2.25. The van der Waals surface area contributed by atoms with Crippen LogP contribution >= 0.6 is 61.1 Å². The van der Waals surface area contributed by atoms with E-state index < -0.39 is 0 Å². The zero-order valence-corrected chi connectivity index (χ0v) is 15.9. The lowest BCUT2D eigenvalue weighted by Gasteiger charge is -2.11. The summed E-state index contributed by atoms with van der Waals surface area (Å²) in [5.74, 6) is 0.659. The van der Waals surface area contributed by atoms with E-state index in [9.17, 15) is 4.79 Å². The van der Waals surface area contributed by atoms with Gasteiger partial charge in [0.05, 0.1) is 3.57 Å². The summed E-state index contributed by atoms with van der Waals surface area (Å²) in [5.41, 5.74) is 1.03. The van der Waals surface area contributed by atoms with Crippen molar-refractivity contribution in [3.63, 3.8) is 0 Å². The third kappa shape index (κ3) is 3.72. The molecule has 0 saturated heterocycles. The largest absolute Gasteiger partial charge is 0.486 e. The van der Waals surface area contributed by atoms with E-state index in [1.165, 1.54) is 0 Å². The van der Waals surface area contributed by atoms with Crippen LogP contribution in [0.2, 0.25) is 0 Å². The molecule has 0 fully saturated rings. The van der Waals surface area contributed by atoms with Crippen LogP contribution in [-0.4, -0.2) is 4.57 Å². The highest BCUT2D eigenvalue weighted by molar-refractivity contribution is 14.1. The number of ether oxygens (including phenoxy) is 1. The van der Waals surface area contributed by atoms with Gasteiger partial charge in [0, 0.05) is 17.7 Å². The number of rotatable bonds is 3. The lowest BCUT2D eigenvalue weighted by Crippen LogP contribution is -2.21. The van der Waals surface area contributed by atoms with Crippen molar-refractivity contribution >= 4 is 61.1 Å².